The van der Waals surface area contributed by atoms with E-state index in [1.807, 2.05) is 12.1 Å². The Morgan fingerprint density at radius 2 is 2.17 bits per heavy atom. The molecule has 0 spiro atoms. The number of amides is 2. The van der Waals surface area contributed by atoms with Gasteiger partial charge in [-0.2, -0.15) is 0 Å². The summed E-state index contributed by atoms with van der Waals surface area (Å²) in [5, 5.41) is 3.81. The van der Waals surface area contributed by atoms with Crippen LogP contribution < -0.4 is 5.32 Å². The minimum atomic E-state index is -0.428. The largest absolute Gasteiger partial charge is 0.450 e. The summed E-state index contributed by atoms with van der Waals surface area (Å²) in [7, 11) is 0. The van der Waals surface area contributed by atoms with E-state index in [1.165, 1.54) is 0 Å². The van der Waals surface area contributed by atoms with Crippen LogP contribution in [0, 0.1) is 0 Å². The predicted octanol–water partition coefficient (Wildman–Crippen LogP) is 3.66. The highest BCUT2D eigenvalue weighted by atomic mass is 35.5. The van der Waals surface area contributed by atoms with E-state index in [1.54, 1.807) is 17.9 Å². The Morgan fingerprint density at radius 3 is 2.92 bits per heavy atom. The van der Waals surface area contributed by atoms with Gasteiger partial charge in [0.2, 0.25) is 5.91 Å². The van der Waals surface area contributed by atoms with Gasteiger partial charge in [0.15, 0.2) is 0 Å². The second kappa shape index (κ2) is 9.14. The maximum Gasteiger partial charge on any atom is 0.407 e. The van der Waals surface area contributed by atoms with E-state index in [9.17, 15) is 9.59 Å². The zero-order valence-corrected chi connectivity index (χ0v) is 15.2. The number of nitrogens with zero attached hydrogens (tertiary/aromatic N) is 1. The van der Waals surface area contributed by atoms with Gasteiger partial charge >= 0.3 is 6.09 Å². The number of likely N-dealkylation sites (tertiary alicyclic amines) is 1. The molecule has 1 aromatic carbocycles. The van der Waals surface area contributed by atoms with Gasteiger partial charge in [-0.25, -0.2) is 4.79 Å². The summed E-state index contributed by atoms with van der Waals surface area (Å²) in [4.78, 5) is 25.7. The smallest absolute Gasteiger partial charge is 0.407 e. The normalized spacial score (nSPS) is 17.5. The van der Waals surface area contributed by atoms with Crippen LogP contribution in [-0.4, -0.2) is 42.6 Å². The van der Waals surface area contributed by atoms with Crippen molar-refractivity contribution in [1.29, 1.82) is 0 Å². The average Bonchev–Trinajstić information content (AvgIpc) is 2.56. The van der Waals surface area contributed by atoms with Gasteiger partial charge in [0.05, 0.1) is 16.7 Å². The zero-order chi connectivity index (χ0) is 17.5. The van der Waals surface area contributed by atoms with Crippen LogP contribution in [0.1, 0.15) is 31.7 Å². The molecule has 1 aliphatic rings. The number of carbonyl (C=O) groups is 2. The molecule has 1 heterocycles. The number of halogens is 2. The number of alkyl carbamates (subject to hydrolysis) is 1. The van der Waals surface area contributed by atoms with E-state index in [2.05, 4.69) is 5.32 Å². The molecule has 132 valence electrons. The first-order valence-electron chi connectivity index (χ1n) is 8.15. The number of rotatable bonds is 5. The Hall–Kier alpha value is -1.46. The van der Waals surface area contributed by atoms with Crippen LogP contribution in [0.3, 0.4) is 0 Å². The SMILES string of the molecule is CCOC(=O)N[C@H]1CCCN(C(=O)CCc2cccc(Cl)c2Cl)C1. The van der Waals surface area contributed by atoms with Gasteiger partial charge in [-0.05, 0) is 37.8 Å². The molecule has 2 amide bonds. The number of piperidine rings is 1. The van der Waals surface area contributed by atoms with E-state index in [4.69, 9.17) is 27.9 Å². The maximum absolute atomic E-state index is 12.4. The van der Waals surface area contributed by atoms with Gasteiger partial charge < -0.3 is 15.0 Å². The lowest BCUT2D eigenvalue weighted by atomic mass is 10.0. The van der Waals surface area contributed by atoms with Crippen molar-refractivity contribution >= 4 is 35.2 Å². The number of hydrogen-bond acceptors (Lipinski definition) is 3. The summed E-state index contributed by atoms with van der Waals surface area (Å²) in [6.45, 7) is 3.32. The molecule has 1 aromatic rings. The van der Waals surface area contributed by atoms with Crippen molar-refractivity contribution in [2.45, 2.75) is 38.6 Å². The molecule has 0 aromatic heterocycles. The van der Waals surface area contributed by atoms with Gasteiger partial charge in [0.1, 0.15) is 0 Å². The van der Waals surface area contributed by atoms with E-state index >= 15 is 0 Å². The minimum absolute atomic E-state index is 0.0569. The topological polar surface area (TPSA) is 58.6 Å². The molecule has 1 saturated heterocycles. The Morgan fingerprint density at radius 1 is 1.38 bits per heavy atom. The number of aryl methyl sites for hydroxylation is 1. The second-order valence-electron chi connectivity index (χ2n) is 5.76. The highest BCUT2D eigenvalue weighted by Gasteiger charge is 2.25. The highest BCUT2D eigenvalue weighted by molar-refractivity contribution is 6.42. The van der Waals surface area contributed by atoms with Crippen LogP contribution in [0.15, 0.2) is 18.2 Å². The molecule has 24 heavy (non-hydrogen) atoms. The molecule has 5 nitrogen and oxygen atoms in total. The number of nitrogens with one attached hydrogen (secondary N) is 1. The molecule has 1 N–H and O–H groups in total. The lowest BCUT2D eigenvalue weighted by molar-refractivity contribution is -0.132. The summed E-state index contributed by atoms with van der Waals surface area (Å²) in [6.07, 6.45) is 2.20. The minimum Gasteiger partial charge on any atom is -0.450 e. The summed E-state index contributed by atoms with van der Waals surface area (Å²) in [5.74, 6) is 0.0569. The van der Waals surface area contributed by atoms with Gasteiger partial charge in [0, 0.05) is 25.6 Å². The third kappa shape index (κ3) is 5.28. The van der Waals surface area contributed by atoms with Crippen LogP contribution in [0.25, 0.3) is 0 Å². The second-order valence-corrected chi connectivity index (χ2v) is 6.54. The van der Waals surface area contributed by atoms with Gasteiger partial charge in [-0.1, -0.05) is 35.3 Å². The summed E-state index contributed by atoms with van der Waals surface area (Å²) < 4.78 is 4.89. The Labute approximate surface area is 152 Å². The predicted molar refractivity (Wildman–Crippen MR) is 94.5 cm³/mol. The fourth-order valence-electron chi connectivity index (χ4n) is 2.80. The third-order valence-electron chi connectivity index (χ3n) is 4.01. The summed E-state index contributed by atoms with van der Waals surface area (Å²) >= 11 is 12.1. The first-order valence-corrected chi connectivity index (χ1v) is 8.90. The molecule has 1 atom stereocenters. The van der Waals surface area contributed by atoms with Crippen LogP contribution in [0.5, 0.6) is 0 Å². The molecule has 2 rings (SSSR count). The van der Waals surface area contributed by atoms with Crippen LogP contribution >= 0.6 is 23.2 Å². The average molecular weight is 373 g/mol. The van der Waals surface area contributed by atoms with Crippen molar-refractivity contribution in [3.63, 3.8) is 0 Å². The Bertz CT molecular complexity index is 595. The Kier molecular flexibility index (Phi) is 7.18. The van der Waals surface area contributed by atoms with Crippen LogP contribution in [0.4, 0.5) is 4.79 Å². The fraction of sp³-hybridized carbons (Fsp3) is 0.529. The zero-order valence-electron chi connectivity index (χ0n) is 13.7. The van der Waals surface area contributed by atoms with Crippen LogP contribution in [0.2, 0.25) is 10.0 Å². The first-order chi connectivity index (χ1) is 11.5. The molecule has 0 saturated carbocycles. The lowest BCUT2D eigenvalue weighted by Gasteiger charge is -2.33. The number of ether oxygens (including phenoxy) is 1. The lowest BCUT2D eigenvalue weighted by Crippen LogP contribution is -2.49. The van der Waals surface area contributed by atoms with E-state index in [0.717, 1.165) is 18.4 Å². The molecular weight excluding hydrogens is 351 g/mol. The van der Waals surface area contributed by atoms with E-state index in [0.29, 0.717) is 42.6 Å². The van der Waals surface area contributed by atoms with Gasteiger partial charge in [0.25, 0.3) is 0 Å². The van der Waals surface area contributed by atoms with Crippen molar-refractivity contribution in [2.75, 3.05) is 19.7 Å². The van der Waals surface area contributed by atoms with E-state index in [-0.39, 0.29) is 11.9 Å². The third-order valence-corrected chi connectivity index (χ3v) is 4.87. The van der Waals surface area contributed by atoms with E-state index < -0.39 is 6.09 Å². The van der Waals surface area contributed by atoms with Crippen LogP contribution in [-0.2, 0) is 16.0 Å². The first kappa shape index (κ1) is 18.9. The molecule has 7 heteroatoms. The maximum atomic E-state index is 12.4. The van der Waals surface area contributed by atoms with Gasteiger partial charge in [-0.3, -0.25) is 4.79 Å². The fourth-order valence-corrected chi connectivity index (χ4v) is 3.22. The summed E-state index contributed by atoms with van der Waals surface area (Å²) in [5.41, 5.74) is 0.871. The van der Waals surface area contributed by atoms with Crippen molar-refractivity contribution < 1.29 is 14.3 Å². The van der Waals surface area contributed by atoms with Crippen molar-refractivity contribution in [2.24, 2.45) is 0 Å². The standard InChI is InChI=1S/C17H22Cl2N2O3/c1-2-24-17(23)20-13-6-4-10-21(11-13)15(22)9-8-12-5-3-7-14(18)16(12)19/h3,5,7,13H,2,4,6,8-11H2,1H3,(H,20,23)/t13-/m0/s1. The monoisotopic (exact) mass is 372 g/mol. The highest BCUT2D eigenvalue weighted by Crippen LogP contribution is 2.26. The van der Waals surface area contributed by atoms with Crippen molar-refractivity contribution in [3.05, 3.63) is 33.8 Å². The Balaban J connectivity index is 1.85. The molecule has 0 radical (unpaired) electrons. The van der Waals surface area contributed by atoms with Gasteiger partial charge in [-0.15, -0.1) is 0 Å². The number of hydrogen-bond donors (Lipinski definition) is 1. The molecule has 0 aliphatic carbocycles. The molecule has 0 bridgehead atoms. The molecule has 1 aliphatic heterocycles. The number of carbonyl (C=O) groups excluding carboxylic acids is 2. The van der Waals surface area contributed by atoms with Crippen molar-refractivity contribution in [3.8, 4) is 0 Å². The van der Waals surface area contributed by atoms with Crippen molar-refractivity contribution in [1.82, 2.24) is 10.2 Å². The molecule has 1 fully saturated rings. The number of benzene rings is 1. The molecule has 0 unspecified atom stereocenters. The quantitative estimate of drug-likeness (QED) is 0.857. The summed E-state index contributed by atoms with van der Waals surface area (Å²) in [6, 6.07) is 5.37. The molecular formula is C17H22Cl2N2O3.